The minimum atomic E-state index is -4.92. The number of ether oxygens (including phenoxy) is 1. The Morgan fingerprint density at radius 3 is 2.48 bits per heavy atom. The van der Waals surface area contributed by atoms with E-state index < -0.39 is 72.6 Å². The number of aliphatic hydroxyl groups excluding tert-OH is 4. The van der Waals surface area contributed by atoms with E-state index in [4.69, 9.17) is 9.26 Å². The third kappa shape index (κ3) is 5.02. The fraction of sp³-hybridized carbons (Fsp3) is 0.562. The molecule has 0 bridgehead atoms. The fourth-order valence-corrected chi connectivity index (χ4v) is 4.80. The van der Waals surface area contributed by atoms with Gasteiger partial charge in [-0.25, -0.2) is 0 Å². The first-order valence-corrected chi connectivity index (χ1v) is 10.6. The van der Waals surface area contributed by atoms with Gasteiger partial charge in [0.2, 0.25) is 6.41 Å². The molecular weight excluding hydrogens is 443 g/mol. The number of nitro benzene ring substituents is 1. The lowest BCUT2D eigenvalue weighted by Gasteiger charge is -2.45. The highest BCUT2D eigenvalue weighted by atomic mass is 31.2. The molecule has 1 amide bonds. The zero-order chi connectivity index (χ0) is 23.5. The van der Waals surface area contributed by atoms with Crippen molar-refractivity contribution in [3.63, 3.8) is 0 Å². The third-order valence-corrected chi connectivity index (χ3v) is 6.48. The molecule has 3 unspecified atom stereocenters. The summed E-state index contributed by atoms with van der Waals surface area (Å²) in [5.41, 5.74) is -1.16. The number of carbonyl (C=O) groups is 1. The number of aromatic hydroxyl groups is 1. The Morgan fingerprint density at radius 1 is 1.32 bits per heavy atom. The summed E-state index contributed by atoms with van der Waals surface area (Å²) in [6.45, 7) is 0.177. The second-order valence-corrected chi connectivity index (χ2v) is 8.50. The van der Waals surface area contributed by atoms with Crippen molar-refractivity contribution in [1.29, 1.82) is 0 Å². The largest absolute Gasteiger partial charge is 0.508 e. The molecule has 0 radical (unpaired) electrons. The van der Waals surface area contributed by atoms with Gasteiger partial charge in [-0.2, -0.15) is 0 Å². The summed E-state index contributed by atoms with van der Waals surface area (Å²) in [6, 6.07) is 2.52. The van der Waals surface area contributed by atoms with Gasteiger partial charge in [0.05, 0.1) is 18.1 Å². The summed E-state index contributed by atoms with van der Waals surface area (Å²) in [6.07, 6.45) is -9.15. The first kappa shape index (κ1) is 25.1. The van der Waals surface area contributed by atoms with Gasteiger partial charge in [-0.3, -0.25) is 24.4 Å². The Bertz CT molecular complexity index is 852. The number of aliphatic hydroxyl groups is 4. The fourth-order valence-electron chi connectivity index (χ4n) is 3.21. The van der Waals surface area contributed by atoms with Crippen LogP contribution in [0.1, 0.15) is 18.3 Å². The molecule has 0 aliphatic carbocycles. The van der Waals surface area contributed by atoms with Crippen LogP contribution in [0.5, 0.6) is 5.75 Å². The summed E-state index contributed by atoms with van der Waals surface area (Å²) in [5.74, 6) is -2.83. The molecule has 6 N–H and O–H groups in total. The molecule has 1 aromatic carbocycles. The number of benzene rings is 1. The third-order valence-electron chi connectivity index (χ3n) is 4.69. The van der Waals surface area contributed by atoms with Crippen molar-refractivity contribution in [2.75, 3.05) is 13.2 Å². The van der Waals surface area contributed by atoms with Crippen LogP contribution in [-0.4, -0.2) is 90.5 Å². The predicted molar refractivity (Wildman–Crippen MR) is 101 cm³/mol. The summed E-state index contributed by atoms with van der Waals surface area (Å²) in [4.78, 5) is 33.1. The summed E-state index contributed by atoms with van der Waals surface area (Å²) >= 11 is 0. The molecule has 14 nitrogen and oxygen atoms in total. The number of hydrogen-bond donors (Lipinski definition) is 6. The van der Waals surface area contributed by atoms with E-state index >= 15 is 0 Å². The molecule has 1 aromatic rings. The molecule has 1 heterocycles. The van der Waals surface area contributed by atoms with Crippen LogP contribution in [-0.2, 0) is 18.6 Å². The molecule has 31 heavy (non-hydrogen) atoms. The first-order valence-electron chi connectivity index (χ1n) is 8.97. The molecule has 0 spiro atoms. The van der Waals surface area contributed by atoms with Gasteiger partial charge in [0.1, 0.15) is 30.2 Å². The molecule has 1 fully saturated rings. The Kier molecular flexibility index (Phi) is 8.08. The van der Waals surface area contributed by atoms with Crippen molar-refractivity contribution in [2.45, 2.75) is 43.4 Å². The van der Waals surface area contributed by atoms with E-state index in [2.05, 4.69) is 0 Å². The SMILES string of the molecule is CCOP(=O)(O)C(c1cc([N+](=O)[O-])ccc1O)N(C=O)C1O[C@H](CO)[C@@H](O)[C@H](O)[C@H]1O. The van der Waals surface area contributed by atoms with Crippen LogP contribution >= 0.6 is 7.60 Å². The molecule has 0 aromatic heterocycles. The molecule has 7 atom stereocenters. The second kappa shape index (κ2) is 9.97. The van der Waals surface area contributed by atoms with Crippen molar-refractivity contribution in [1.82, 2.24) is 4.90 Å². The van der Waals surface area contributed by atoms with Crippen molar-refractivity contribution in [3.05, 3.63) is 33.9 Å². The molecule has 174 valence electrons. The van der Waals surface area contributed by atoms with E-state index in [-0.39, 0.29) is 13.0 Å². The Labute approximate surface area is 175 Å². The number of phenols is 1. The average molecular weight is 466 g/mol. The molecule has 15 heteroatoms. The highest BCUT2D eigenvalue weighted by Crippen LogP contribution is 2.60. The van der Waals surface area contributed by atoms with Crippen molar-refractivity contribution < 1.29 is 54.0 Å². The minimum Gasteiger partial charge on any atom is -0.508 e. The average Bonchev–Trinajstić information content (AvgIpc) is 2.71. The van der Waals surface area contributed by atoms with Crippen LogP contribution in [0.25, 0.3) is 0 Å². The molecule has 2 rings (SSSR count). The van der Waals surface area contributed by atoms with E-state index in [9.17, 15) is 49.9 Å². The second-order valence-electron chi connectivity index (χ2n) is 6.63. The zero-order valence-corrected chi connectivity index (χ0v) is 17.1. The monoisotopic (exact) mass is 466 g/mol. The van der Waals surface area contributed by atoms with E-state index in [1.165, 1.54) is 6.92 Å². The normalized spacial score (nSPS) is 29.0. The molecule has 1 saturated heterocycles. The Morgan fingerprint density at radius 2 is 1.97 bits per heavy atom. The van der Waals surface area contributed by atoms with Crippen LogP contribution < -0.4 is 0 Å². The smallest absolute Gasteiger partial charge is 0.355 e. The maximum Gasteiger partial charge on any atom is 0.355 e. The highest BCUT2D eigenvalue weighted by molar-refractivity contribution is 7.53. The van der Waals surface area contributed by atoms with E-state index in [0.29, 0.717) is 4.90 Å². The van der Waals surface area contributed by atoms with Crippen LogP contribution in [0.2, 0.25) is 0 Å². The topological polar surface area (TPSA) is 220 Å². The van der Waals surface area contributed by atoms with Crippen molar-refractivity contribution in [3.8, 4) is 5.75 Å². The Balaban J connectivity index is 2.65. The highest BCUT2D eigenvalue weighted by Gasteiger charge is 2.51. The number of nitro groups is 1. The van der Waals surface area contributed by atoms with Gasteiger partial charge < -0.3 is 39.7 Å². The lowest BCUT2D eigenvalue weighted by atomic mass is 9.97. The number of amides is 1. The maximum atomic E-state index is 12.9. The number of non-ortho nitro benzene ring substituents is 1. The summed E-state index contributed by atoms with van der Waals surface area (Å²) in [5, 5.41) is 61.0. The number of rotatable bonds is 9. The van der Waals surface area contributed by atoms with E-state index in [0.717, 1.165) is 18.2 Å². The summed E-state index contributed by atoms with van der Waals surface area (Å²) in [7, 11) is -4.92. The zero-order valence-electron chi connectivity index (χ0n) is 16.2. The van der Waals surface area contributed by atoms with Gasteiger partial charge in [0.15, 0.2) is 12.0 Å². The number of nitrogens with zero attached hydrogens (tertiary/aromatic N) is 2. The van der Waals surface area contributed by atoms with Crippen LogP contribution in [0.15, 0.2) is 18.2 Å². The molecule has 1 aliphatic heterocycles. The Hall–Kier alpha value is -2.16. The van der Waals surface area contributed by atoms with Gasteiger partial charge in [0.25, 0.3) is 5.69 Å². The first-order chi connectivity index (χ1) is 14.5. The maximum absolute atomic E-state index is 12.9. The van der Waals surface area contributed by atoms with Crippen molar-refractivity contribution >= 4 is 19.7 Å². The number of phenolic OH excluding ortho intramolecular Hbond substituents is 1. The van der Waals surface area contributed by atoms with E-state index in [1.807, 2.05) is 0 Å². The van der Waals surface area contributed by atoms with Crippen LogP contribution in [0.3, 0.4) is 0 Å². The minimum absolute atomic E-state index is 0.0580. The van der Waals surface area contributed by atoms with Gasteiger partial charge in [-0.1, -0.05) is 0 Å². The number of carbonyl (C=O) groups excluding carboxylic acids is 1. The number of hydrogen-bond acceptors (Lipinski definition) is 11. The molecule has 0 saturated carbocycles. The predicted octanol–water partition coefficient (Wildman–Crippen LogP) is -1.22. The molecule has 1 aliphatic rings. The van der Waals surface area contributed by atoms with E-state index in [1.54, 1.807) is 0 Å². The quantitative estimate of drug-likeness (QED) is 0.109. The van der Waals surface area contributed by atoms with Gasteiger partial charge in [0, 0.05) is 17.7 Å². The van der Waals surface area contributed by atoms with Crippen LogP contribution in [0.4, 0.5) is 5.69 Å². The van der Waals surface area contributed by atoms with Gasteiger partial charge >= 0.3 is 7.60 Å². The lowest BCUT2D eigenvalue weighted by molar-refractivity contribution is -0.385. The van der Waals surface area contributed by atoms with Gasteiger partial charge in [-0.15, -0.1) is 0 Å². The van der Waals surface area contributed by atoms with Gasteiger partial charge in [-0.05, 0) is 13.0 Å². The standard InChI is InChI=1S/C16H23N2O12P/c1-2-29-31(27,28)16(9-5-8(18(25)26)3-4-10(9)21)17(7-20)15-14(24)13(23)12(22)11(6-19)30-15/h3-5,7,11-16,19,21-24H,2,6H2,1H3,(H,27,28)/t11-,12-,13+,14-,15?,16?/m1/s1. The molecular formula is C16H23N2O12P. The van der Waals surface area contributed by atoms with Crippen molar-refractivity contribution in [2.24, 2.45) is 0 Å². The summed E-state index contributed by atoms with van der Waals surface area (Å²) < 4.78 is 23.0. The van der Waals surface area contributed by atoms with Crippen LogP contribution in [0, 0.1) is 10.1 Å². The lowest BCUT2D eigenvalue weighted by Crippen LogP contribution is -2.63.